The van der Waals surface area contributed by atoms with Crippen molar-refractivity contribution in [2.24, 2.45) is 0 Å². The lowest BCUT2D eigenvalue weighted by Crippen LogP contribution is -2.40. The van der Waals surface area contributed by atoms with Gasteiger partial charge in [-0.2, -0.15) is 4.31 Å². The van der Waals surface area contributed by atoms with E-state index in [1.54, 1.807) is 13.0 Å². The van der Waals surface area contributed by atoms with Gasteiger partial charge in [0.05, 0.1) is 28.9 Å². The zero-order valence-corrected chi connectivity index (χ0v) is 17.7. The Morgan fingerprint density at radius 1 is 1.30 bits per heavy atom. The van der Waals surface area contributed by atoms with Crippen LogP contribution >= 0.6 is 11.8 Å². The van der Waals surface area contributed by atoms with Gasteiger partial charge in [0.15, 0.2) is 0 Å². The van der Waals surface area contributed by atoms with Gasteiger partial charge >= 0.3 is 0 Å². The molecule has 1 aromatic heterocycles. The maximum Gasteiger partial charge on any atom is 0.269 e. The van der Waals surface area contributed by atoms with E-state index in [-0.39, 0.29) is 22.2 Å². The number of pyridine rings is 1. The number of morpholine rings is 1. The number of amides is 1. The van der Waals surface area contributed by atoms with Crippen molar-refractivity contribution in [3.8, 4) is 0 Å². The number of rotatable bonds is 7. The summed E-state index contributed by atoms with van der Waals surface area (Å²) in [5.41, 5.74) is 1.03. The van der Waals surface area contributed by atoms with Gasteiger partial charge in [-0.1, -0.05) is 11.8 Å². The van der Waals surface area contributed by atoms with Crippen molar-refractivity contribution in [3.05, 3.63) is 52.2 Å². The van der Waals surface area contributed by atoms with Crippen LogP contribution in [0.2, 0.25) is 0 Å². The fraction of sp³-hybridized carbons (Fsp3) is 0.333. The van der Waals surface area contributed by atoms with E-state index in [4.69, 9.17) is 4.74 Å². The average molecular weight is 453 g/mol. The SMILES string of the molecule is Cc1cc([N+](=O)[O-])ccc1NC(=O)CSc1ccc(S(=O)(=O)N2CCOCC2)cn1. The summed E-state index contributed by atoms with van der Waals surface area (Å²) in [4.78, 5) is 26.7. The minimum absolute atomic E-state index is 0.0452. The van der Waals surface area contributed by atoms with E-state index in [2.05, 4.69) is 10.3 Å². The second kappa shape index (κ2) is 9.51. The molecule has 10 nitrogen and oxygen atoms in total. The van der Waals surface area contributed by atoms with Crippen LogP contribution in [0.1, 0.15) is 5.56 Å². The standard InChI is InChI=1S/C18H20N4O6S2/c1-13-10-14(22(24)25)2-4-16(13)20-17(23)12-29-18-5-3-15(11-19-18)30(26,27)21-6-8-28-9-7-21/h2-5,10-11H,6-9,12H2,1H3,(H,20,23). The molecule has 160 valence electrons. The van der Waals surface area contributed by atoms with Crippen LogP contribution in [0.3, 0.4) is 0 Å². The van der Waals surface area contributed by atoms with Crippen LogP contribution in [0, 0.1) is 17.0 Å². The Morgan fingerprint density at radius 3 is 2.63 bits per heavy atom. The van der Waals surface area contributed by atoms with Crippen molar-refractivity contribution in [3.63, 3.8) is 0 Å². The van der Waals surface area contributed by atoms with Crippen molar-refractivity contribution in [2.45, 2.75) is 16.8 Å². The quantitative estimate of drug-likeness (QED) is 0.384. The number of sulfonamides is 1. The van der Waals surface area contributed by atoms with Crippen molar-refractivity contribution < 1.29 is 22.9 Å². The highest BCUT2D eigenvalue weighted by Gasteiger charge is 2.26. The summed E-state index contributed by atoms with van der Waals surface area (Å²) in [6.07, 6.45) is 1.28. The first kappa shape index (κ1) is 22.2. The number of thioether (sulfide) groups is 1. The lowest BCUT2D eigenvalue weighted by Gasteiger charge is -2.25. The first-order valence-corrected chi connectivity index (χ1v) is 11.4. The number of nitro groups is 1. The van der Waals surface area contributed by atoms with Gasteiger partial charge in [0, 0.05) is 37.1 Å². The van der Waals surface area contributed by atoms with E-state index < -0.39 is 14.9 Å². The van der Waals surface area contributed by atoms with E-state index in [1.165, 1.54) is 34.8 Å². The summed E-state index contributed by atoms with van der Waals surface area (Å²) in [6.45, 7) is 3.01. The molecule has 1 saturated heterocycles. The first-order chi connectivity index (χ1) is 14.3. The summed E-state index contributed by atoms with van der Waals surface area (Å²) in [5.74, 6) is -0.248. The number of aromatic nitrogens is 1. The predicted molar refractivity (Wildman–Crippen MR) is 111 cm³/mol. The molecule has 1 N–H and O–H groups in total. The van der Waals surface area contributed by atoms with Crippen LogP contribution in [-0.4, -0.2) is 60.6 Å². The normalized spacial score (nSPS) is 15.0. The third kappa shape index (κ3) is 5.33. The molecule has 2 aromatic rings. The number of carbonyl (C=O) groups is 1. The molecule has 0 saturated carbocycles. The summed E-state index contributed by atoms with van der Waals surface area (Å²) in [5, 5.41) is 14.0. The summed E-state index contributed by atoms with van der Waals surface area (Å²) < 4.78 is 31.7. The maximum absolute atomic E-state index is 12.6. The molecule has 0 spiro atoms. The van der Waals surface area contributed by atoms with Crippen molar-refractivity contribution in [1.29, 1.82) is 0 Å². The molecule has 1 aliphatic rings. The Morgan fingerprint density at radius 2 is 2.03 bits per heavy atom. The second-order valence-electron chi connectivity index (χ2n) is 6.44. The molecule has 30 heavy (non-hydrogen) atoms. The van der Waals surface area contributed by atoms with E-state index in [9.17, 15) is 23.3 Å². The fourth-order valence-electron chi connectivity index (χ4n) is 2.77. The van der Waals surface area contributed by atoms with Crippen molar-refractivity contribution in [2.75, 3.05) is 37.4 Å². The van der Waals surface area contributed by atoms with Gasteiger partial charge in [0.1, 0.15) is 4.90 Å². The molecule has 1 aromatic carbocycles. The Kier molecular flexibility index (Phi) is 7.02. The molecular weight excluding hydrogens is 432 g/mol. The number of hydrogen-bond acceptors (Lipinski definition) is 8. The van der Waals surface area contributed by atoms with Crippen LogP contribution in [0.15, 0.2) is 46.5 Å². The highest BCUT2D eigenvalue weighted by molar-refractivity contribution is 7.99. The number of non-ortho nitro benzene ring substituents is 1. The molecule has 0 unspecified atom stereocenters. The lowest BCUT2D eigenvalue weighted by molar-refractivity contribution is -0.384. The molecular formula is C18H20N4O6S2. The highest BCUT2D eigenvalue weighted by atomic mass is 32.2. The van der Waals surface area contributed by atoms with Gasteiger partial charge in [-0.15, -0.1) is 0 Å². The fourth-order valence-corrected chi connectivity index (χ4v) is 4.76. The minimum Gasteiger partial charge on any atom is -0.379 e. The lowest BCUT2D eigenvalue weighted by atomic mass is 10.2. The predicted octanol–water partition coefficient (Wildman–Crippen LogP) is 2.05. The summed E-state index contributed by atoms with van der Waals surface area (Å²) in [6, 6.07) is 7.23. The third-order valence-corrected chi connectivity index (χ3v) is 7.19. The van der Waals surface area contributed by atoms with Crippen molar-refractivity contribution in [1.82, 2.24) is 9.29 Å². The van der Waals surface area contributed by atoms with Crippen LogP contribution in [0.4, 0.5) is 11.4 Å². The molecule has 0 radical (unpaired) electrons. The monoisotopic (exact) mass is 452 g/mol. The third-order valence-electron chi connectivity index (χ3n) is 4.36. The van der Waals surface area contributed by atoms with Crippen LogP contribution < -0.4 is 5.32 Å². The molecule has 1 fully saturated rings. The number of anilines is 1. The number of nitro benzene ring substituents is 1. The largest absolute Gasteiger partial charge is 0.379 e. The van der Waals surface area contributed by atoms with Crippen LogP contribution in [0.25, 0.3) is 0 Å². The van der Waals surface area contributed by atoms with Crippen LogP contribution in [0.5, 0.6) is 0 Å². The molecule has 12 heteroatoms. The Balaban J connectivity index is 1.57. The molecule has 2 heterocycles. The zero-order valence-electron chi connectivity index (χ0n) is 16.1. The zero-order chi connectivity index (χ0) is 21.7. The number of ether oxygens (including phenoxy) is 1. The minimum atomic E-state index is -3.61. The number of nitrogens with one attached hydrogen (secondary N) is 1. The average Bonchev–Trinajstić information content (AvgIpc) is 2.74. The molecule has 3 rings (SSSR count). The molecule has 0 aliphatic carbocycles. The maximum atomic E-state index is 12.6. The van der Waals surface area contributed by atoms with E-state index in [1.807, 2.05) is 0 Å². The van der Waals surface area contributed by atoms with Gasteiger partial charge in [-0.25, -0.2) is 13.4 Å². The van der Waals surface area contributed by atoms with Gasteiger partial charge in [0.25, 0.3) is 5.69 Å². The highest BCUT2D eigenvalue weighted by Crippen LogP contribution is 2.23. The van der Waals surface area contributed by atoms with Crippen molar-refractivity contribution >= 4 is 39.1 Å². The molecule has 0 atom stereocenters. The first-order valence-electron chi connectivity index (χ1n) is 8.99. The van der Waals surface area contributed by atoms with Gasteiger partial charge in [-0.05, 0) is 30.7 Å². The van der Waals surface area contributed by atoms with Gasteiger partial charge in [0.2, 0.25) is 15.9 Å². The van der Waals surface area contributed by atoms with Gasteiger partial charge in [-0.3, -0.25) is 14.9 Å². The van der Waals surface area contributed by atoms with Crippen LogP contribution in [-0.2, 0) is 19.6 Å². The molecule has 0 bridgehead atoms. The van der Waals surface area contributed by atoms with Gasteiger partial charge < -0.3 is 10.1 Å². The number of nitrogens with zero attached hydrogens (tertiary/aromatic N) is 3. The Bertz CT molecular complexity index is 1040. The Hall–Kier alpha value is -2.54. The van der Waals surface area contributed by atoms with E-state index in [0.717, 1.165) is 11.8 Å². The topological polar surface area (TPSA) is 132 Å². The molecule has 1 amide bonds. The number of hydrogen-bond donors (Lipinski definition) is 1. The smallest absolute Gasteiger partial charge is 0.269 e. The second-order valence-corrected chi connectivity index (χ2v) is 9.38. The summed E-state index contributed by atoms with van der Waals surface area (Å²) >= 11 is 1.16. The summed E-state index contributed by atoms with van der Waals surface area (Å²) in [7, 11) is -3.61. The molecule has 1 aliphatic heterocycles. The van der Waals surface area contributed by atoms with E-state index in [0.29, 0.717) is 42.6 Å². The number of benzene rings is 1. The Labute approximate surface area is 177 Å². The number of aryl methyl sites for hydroxylation is 1. The number of carbonyl (C=O) groups excluding carboxylic acids is 1. The van der Waals surface area contributed by atoms with E-state index >= 15 is 0 Å².